The first-order valence-corrected chi connectivity index (χ1v) is 10.5. The number of likely N-dealkylation sites (N-methyl/N-ethyl adjacent to an activating group) is 1. The van der Waals surface area contributed by atoms with Gasteiger partial charge in [-0.05, 0) is 45.0 Å². The van der Waals surface area contributed by atoms with Crippen LogP contribution in [0.1, 0.15) is 41.0 Å². The first-order chi connectivity index (χ1) is 13.1. The highest BCUT2D eigenvalue weighted by atomic mass is 32.1. The van der Waals surface area contributed by atoms with E-state index in [1.807, 2.05) is 48.0 Å². The van der Waals surface area contributed by atoms with Gasteiger partial charge < -0.3 is 10.2 Å². The zero-order chi connectivity index (χ0) is 18.8. The molecule has 5 nitrogen and oxygen atoms in total. The van der Waals surface area contributed by atoms with Gasteiger partial charge in [0.1, 0.15) is 4.83 Å². The Morgan fingerprint density at radius 2 is 2.04 bits per heavy atom. The van der Waals surface area contributed by atoms with E-state index in [9.17, 15) is 4.79 Å². The summed E-state index contributed by atoms with van der Waals surface area (Å²) >= 11 is 1.51. The Morgan fingerprint density at radius 3 is 2.78 bits per heavy atom. The molecule has 1 amide bonds. The Labute approximate surface area is 164 Å². The highest BCUT2D eigenvalue weighted by Crippen LogP contribution is 2.30. The summed E-state index contributed by atoms with van der Waals surface area (Å²) in [5.74, 6) is 0.00929. The highest BCUT2D eigenvalue weighted by molar-refractivity contribution is 7.20. The molecule has 1 saturated carbocycles. The van der Waals surface area contributed by atoms with Crippen LogP contribution in [0.5, 0.6) is 0 Å². The number of aryl methyl sites for hydroxylation is 1. The lowest BCUT2D eigenvalue weighted by Gasteiger charge is -2.23. The first kappa shape index (κ1) is 18.2. The minimum absolute atomic E-state index is 0.00929. The van der Waals surface area contributed by atoms with E-state index in [2.05, 4.69) is 22.4 Å². The molecular formula is C21H26N4OS. The summed E-state index contributed by atoms with van der Waals surface area (Å²) in [5.41, 5.74) is 1.97. The van der Waals surface area contributed by atoms with Crippen LogP contribution in [0, 0.1) is 6.92 Å². The molecule has 0 radical (unpaired) electrons. The number of para-hydroxylation sites is 1. The average Bonchev–Trinajstić information content (AvgIpc) is 3.41. The summed E-state index contributed by atoms with van der Waals surface area (Å²) in [4.78, 5) is 16.8. The van der Waals surface area contributed by atoms with E-state index in [4.69, 9.17) is 0 Å². The minimum atomic E-state index is 0.00929. The number of fused-ring (bicyclic) bond motifs is 1. The Balaban J connectivity index is 1.45. The minimum Gasteiger partial charge on any atom is -0.350 e. The number of benzene rings is 1. The maximum atomic E-state index is 12.6. The molecule has 3 aromatic rings. The Kier molecular flexibility index (Phi) is 5.27. The molecule has 2 aromatic heterocycles. The van der Waals surface area contributed by atoms with Crippen LogP contribution in [-0.4, -0.2) is 46.8 Å². The van der Waals surface area contributed by atoms with Crippen molar-refractivity contribution < 1.29 is 4.79 Å². The van der Waals surface area contributed by atoms with E-state index in [1.54, 1.807) is 0 Å². The molecule has 0 saturated heterocycles. The largest absolute Gasteiger partial charge is 0.350 e. The molecule has 4 rings (SSSR count). The maximum absolute atomic E-state index is 12.6. The van der Waals surface area contributed by atoms with Crippen molar-refractivity contribution in [3.05, 3.63) is 47.0 Å². The second-order valence-electron chi connectivity index (χ2n) is 7.34. The molecule has 142 valence electrons. The van der Waals surface area contributed by atoms with E-state index in [0.29, 0.717) is 12.6 Å². The number of carbonyl (C=O) groups excluding carboxylic acids is 1. The number of aromatic nitrogens is 2. The third-order valence-corrected chi connectivity index (χ3v) is 6.58. The number of nitrogens with zero attached hydrogens (tertiary/aromatic N) is 3. The number of nitrogens with one attached hydrogen (secondary N) is 1. The quantitative estimate of drug-likeness (QED) is 0.701. The number of thiophene rings is 1. The number of carbonyl (C=O) groups is 1. The fourth-order valence-corrected chi connectivity index (χ4v) is 4.96. The topological polar surface area (TPSA) is 50.2 Å². The van der Waals surface area contributed by atoms with Crippen LogP contribution in [0.3, 0.4) is 0 Å². The summed E-state index contributed by atoms with van der Waals surface area (Å²) in [5, 5.41) is 8.77. The van der Waals surface area contributed by atoms with Gasteiger partial charge in [0.25, 0.3) is 5.91 Å². The third kappa shape index (κ3) is 3.77. The summed E-state index contributed by atoms with van der Waals surface area (Å²) in [6, 6.07) is 12.7. The number of hydrogen-bond acceptors (Lipinski definition) is 4. The fourth-order valence-electron chi connectivity index (χ4n) is 3.86. The van der Waals surface area contributed by atoms with Crippen molar-refractivity contribution in [1.29, 1.82) is 0 Å². The summed E-state index contributed by atoms with van der Waals surface area (Å²) in [7, 11) is 2.17. The Bertz CT molecular complexity index is 924. The van der Waals surface area contributed by atoms with Crippen molar-refractivity contribution in [2.75, 3.05) is 20.1 Å². The standard InChI is InChI=1S/C21H26N4OS/c1-15-18-14-19(20(26)22-12-13-24(2)16-8-6-7-9-16)27-21(18)25(23-15)17-10-4-3-5-11-17/h3-5,10-11,14,16H,6-9,12-13H2,1-2H3,(H,22,26). The second kappa shape index (κ2) is 7.82. The van der Waals surface area contributed by atoms with Crippen molar-refractivity contribution in [3.63, 3.8) is 0 Å². The SMILES string of the molecule is Cc1nn(-c2ccccc2)c2sc(C(=O)NCCN(C)C3CCCC3)cc12. The lowest BCUT2D eigenvalue weighted by atomic mass is 10.2. The number of amides is 1. The summed E-state index contributed by atoms with van der Waals surface area (Å²) in [6.07, 6.45) is 5.24. The Hall–Kier alpha value is -2.18. The third-order valence-electron chi connectivity index (χ3n) is 5.47. The fraction of sp³-hybridized carbons (Fsp3) is 0.429. The van der Waals surface area contributed by atoms with Crippen molar-refractivity contribution in [2.24, 2.45) is 0 Å². The zero-order valence-electron chi connectivity index (χ0n) is 15.9. The predicted molar refractivity (Wildman–Crippen MR) is 111 cm³/mol. The molecule has 1 fully saturated rings. The van der Waals surface area contributed by atoms with Crippen LogP contribution in [-0.2, 0) is 0 Å². The molecule has 0 aliphatic heterocycles. The smallest absolute Gasteiger partial charge is 0.261 e. The van der Waals surface area contributed by atoms with E-state index < -0.39 is 0 Å². The molecule has 0 spiro atoms. The van der Waals surface area contributed by atoms with Gasteiger partial charge in [-0.1, -0.05) is 31.0 Å². The monoisotopic (exact) mass is 382 g/mol. The van der Waals surface area contributed by atoms with Gasteiger partial charge in [0.15, 0.2) is 0 Å². The lowest BCUT2D eigenvalue weighted by Crippen LogP contribution is -2.37. The highest BCUT2D eigenvalue weighted by Gasteiger charge is 2.20. The first-order valence-electron chi connectivity index (χ1n) is 9.66. The molecule has 1 N–H and O–H groups in total. The van der Waals surface area contributed by atoms with Crippen molar-refractivity contribution in [3.8, 4) is 5.69 Å². The molecule has 27 heavy (non-hydrogen) atoms. The molecule has 0 atom stereocenters. The molecule has 6 heteroatoms. The van der Waals surface area contributed by atoms with Crippen LogP contribution in [0.4, 0.5) is 0 Å². The molecule has 2 heterocycles. The van der Waals surface area contributed by atoms with Crippen LogP contribution in [0.15, 0.2) is 36.4 Å². The molecule has 1 aliphatic carbocycles. The number of hydrogen-bond donors (Lipinski definition) is 1. The summed E-state index contributed by atoms with van der Waals surface area (Å²) in [6.45, 7) is 3.58. The average molecular weight is 383 g/mol. The van der Waals surface area contributed by atoms with Crippen molar-refractivity contribution in [2.45, 2.75) is 38.6 Å². The van der Waals surface area contributed by atoms with Gasteiger partial charge in [0.2, 0.25) is 0 Å². The van der Waals surface area contributed by atoms with Gasteiger partial charge in [-0.15, -0.1) is 11.3 Å². The predicted octanol–water partition coefficient (Wildman–Crippen LogP) is 4.00. The molecular weight excluding hydrogens is 356 g/mol. The Morgan fingerprint density at radius 1 is 1.30 bits per heavy atom. The lowest BCUT2D eigenvalue weighted by molar-refractivity contribution is 0.0951. The van der Waals surface area contributed by atoms with Gasteiger partial charge in [-0.3, -0.25) is 4.79 Å². The van der Waals surface area contributed by atoms with Crippen molar-refractivity contribution in [1.82, 2.24) is 20.0 Å². The second-order valence-corrected chi connectivity index (χ2v) is 8.37. The maximum Gasteiger partial charge on any atom is 0.261 e. The van der Waals surface area contributed by atoms with E-state index in [-0.39, 0.29) is 5.91 Å². The van der Waals surface area contributed by atoms with Crippen LogP contribution in [0.2, 0.25) is 0 Å². The van der Waals surface area contributed by atoms with E-state index in [0.717, 1.165) is 33.0 Å². The molecule has 0 unspecified atom stereocenters. The summed E-state index contributed by atoms with van der Waals surface area (Å²) < 4.78 is 1.93. The number of rotatable bonds is 6. The van der Waals surface area contributed by atoms with Gasteiger partial charge in [-0.2, -0.15) is 5.10 Å². The normalized spacial score (nSPS) is 15.1. The molecule has 1 aliphatic rings. The van der Waals surface area contributed by atoms with E-state index in [1.165, 1.54) is 37.0 Å². The van der Waals surface area contributed by atoms with Crippen LogP contribution in [0.25, 0.3) is 15.9 Å². The van der Waals surface area contributed by atoms with Gasteiger partial charge in [0, 0.05) is 24.5 Å². The van der Waals surface area contributed by atoms with Crippen LogP contribution < -0.4 is 5.32 Å². The van der Waals surface area contributed by atoms with Gasteiger partial charge in [0.05, 0.1) is 16.3 Å². The van der Waals surface area contributed by atoms with Crippen LogP contribution >= 0.6 is 11.3 Å². The molecule has 0 bridgehead atoms. The van der Waals surface area contributed by atoms with Crippen molar-refractivity contribution >= 4 is 27.5 Å². The zero-order valence-corrected chi connectivity index (χ0v) is 16.8. The van der Waals surface area contributed by atoms with E-state index >= 15 is 0 Å². The molecule has 1 aromatic carbocycles. The van der Waals surface area contributed by atoms with Gasteiger partial charge >= 0.3 is 0 Å². The van der Waals surface area contributed by atoms with Gasteiger partial charge in [-0.25, -0.2) is 4.68 Å².